The Hall–Kier alpha value is -3.44. The highest BCUT2D eigenvalue weighted by molar-refractivity contribution is 6.10. The smallest absolute Gasteiger partial charge is 0.321 e. The lowest BCUT2D eigenvalue weighted by molar-refractivity contribution is -0.138. The molecule has 3 N–H and O–H groups in total. The molecule has 1 aliphatic heterocycles. The molecular weight excluding hydrogens is 480 g/mol. The van der Waals surface area contributed by atoms with Crippen molar-refractivity contribution in [1.82, 2.24) is 9.97 Å². The van der Waals surface area contributed by atoms with E-state index in [1.807, 2.05) is 24.3 Å². The summed E-state index contributed by atoms with van der Waals surface area (Å²) in [6.07, 6.45) is 4.03. The molecule has 37 heavy (non-hydrogen) atoms. The Morgan fingerprint density at radius 3 is 2.54 bits per heavy atom. The van der Waals surface area contributed by atoms with Crippen molar-refractivity contribution in [3.8, 4) is 11.9 Å². The number of benzene rings is 1. The number of nitrogen functional groups attached to an aromatic ring is 1. The molecule has 1 aromatic carbocycles. The first kappa shape index (κ1) is 26.6. The molecule has 0 radical (unpaired) electrons. The minimum atomic E-state index is -0.724. The number of nitrogens with two attached hydrogens (primary N) is 1. The molecule has 11 heteroatoms. The Kier molecular flexibility index (Phi) is 9.13. The highest BCUT2D eigenvalue weighted by atomic mass is 16.5. The minimum absolute atomic E-state index is 0.00746. The second-order valence-corrected chi connectivity index (χ2v) is 9.24. The first-order valence-electron chi connectivity index (χ1n) is 12.6. The molecule has 0 atom stereocenters. The van der Waals surface area contributed by atoms with Gasteiger partial charge in [0.05, 0.1) is 26.4 Å². The summed E-state index contributed by atoms with van der Waals surface area (Å²) in [5.74, 6) is -0.302. The van der Waals surface area contributed by atoms with Crippen molar-refractivity contribution < 1.29 is 33.6 Å². The number of hydrogen-bond donors (Lipinski definition) is 2. The molecule has 0 unspecified atom stereocenters. The van der Waals surface area contributed by atoms with E-state index in [0.29, 0.717) is 32.3 Å². The van der Waals surface area contributed by atoms with Crippen molar-refractivity contribution in [2.24, 2.45) is 5.92 Å². The molecule has 4 rings (SSSR count). The number of rotatable bonds is 11. The van der Waals surface area contributed by atoms with Crippen LogP contribution >= 0.6 is 0 Å². The monoisotopic (exact) mass is 514 g/mol. The summed E-state index contributed by atoms with van der Waals surface area (Å²) >= 11 is 0. The molecule has 1 aromatic heterocycles. The molecular formula is C26H34N4O7. The first-order chi connectivity index (χ1) is 18.0. The molecule has 1 aliphatic carbocycles. The molecule has 0 bridgehead atoms. The van der Waals surface area contributed by atoms with Crippen LogP contribution in [0.25, 0.3) is 0 Å². The van der Waals surface area contributed by atoms with Crippen LogP contribution in [0.1, 0.15) is 53.9 Å². The van der Waals surface area contributed by atoms with Crippen molar-refractivity contribution in [3.05, 3.63) is 35.4 Å². The highest BCUT2D eigenvalue weighted by Crippen LogP contribution is 2.38. The maximum absolute atomic E-state index is 13.4. The summed E-state index contributed by atoms with van der Waals surface area (Å²) < 4.78 is 21.5. The van der Waals surface area contributed by atoms with Crippen LogP contribution in [0.15, 0.2) is 24.3 Å². The van der Waals surface area contributed by atoms with E-state index in [4.69, 9.17) is 29.8 Å². The Morgan fingerprint density at radius 1 is 1.11 bits per heavy atom. The van der Waals surface area contributed by atoms with Gasteiger partial charge >= 0.3 is 12.0 Å². The SMILES string of the molecule is COCCOCCOc1nc(N)c2c(n1)OCCN(c1ccc(C3CCC(CC(=O)O)CC3)cc1)C2=O. The number of aliphatic carboxylic acids is 1. The number of fused-ring (bicyclic) bond motifs is 1. The van der Waals surface area contributed by atoms with Gasteiger partial charge in [0, 0.05) is 19.2 Å². The third-order valence-corrected chi connectivity index (χ3v) is 6.77. The van der Waals surface area contributed by atoms with E-state index in [2.05, 4.69) is 9.97 Å². The lowest BCUT2D eigenvalue weighted by Crippen LogP contribution is -2.32. The van der Waals surface area contributed by atoms with Gasteiger partial charge in [-0.25, -0.2) is 0 Å². The Morgan fingerprint density at radius 2 is 1.84 bits per heavy atom. The third kappa shape index (κ3) is 6.86. The van der Waals surface area contributed by atoms with Crippen LogP contribution in [-0.4, -0.2) is 73.6 Å². The normalized spacial score (nSPS) is 19.6. The minimum Gasteiger partial charge on any atom is -0.481 e. The number of aromatic nitrogens is 2. The van der Waals surface area contributed by atoms with E-state index in [9.17, 15) is 9.59 Å². The van der Waals surface area contributed by atoms with Crippen molar-refractivity contribution >= 4 is 23.4 Å². The van der Waals surface area contributed by atoms with Gasteiger partial charge in [-0.2, -0.15) is 9.97 Å². The van der Waals surface area contributed by atoms with Crippen LogP contribution in [0.3, 0.4) is 0 Å². The van der Waals surface area contributed by atoms with Crippen LogP contribution in [0.2, 0.25) is 0 Å². The molecule has 0 spiro atoms. The number of carboxylic acid groups (broad SMARTS) is 1. The van der Waals surface area contributed by atoms with Crippen LogP contribution in [0, 0.1) is 5.92 Å². The maximum atomic E-state index is 13.4. The number of carbonyl (C=O) groups excluding carboxylic acids is 1. The number of carboxylic acids is 1. The van der Waals surface area contributed by atoms with Gasteiger partial charge < -0.3 is 34.7 Å². The van der Waals surface area contributed by atoms with E-state index in [1.54, 1.807) is 12.0 Å². The number of ether oxygens (including phenoxy) is 4. The van der Waals surface area contributed by atoms with Gasteiger partial charge in [0.2, 0.25) is 5.88 Å². The van der Waals surface area contributed by atoms with E-state index in [0.717, 1.165) is 31.4 Å². The van der Waals surface area contributed by atoms with Gasteiger partial charge in [0.25, 0.3) is 5.91 Å². The summed E-state index contributed by atoms with van der Waals surface area (Å²) in [6, 6.07) is 7.97. The topological polar surface area (TPSA) is 146 Å². The van der Waals surface area contributed by atoms with Gasteiger partial charge in [-0.05, 0) is 55.2 Å². The number of methoxy groups -OCH3 is 1. The van der Waals surface area contributed by atoms with Crippen molar-refractivity contribution in [2.75, 3.05) is 57.3 Å². The number of amides is 1. The number of nitrogens with zero attached hydrogens (tertiary/aromatic N) is 3. The van der Waals surface area contributed by atoms with E-state index in [1.165, 1.54) is 5.56 Å². The van der Waals surface area contributed by atoms with E-state index in [-0.39, 0.29) is 54.7 Å². The molecule has 1 fully saturated rings. The molecule has 1 saturated carbocycles. The largest absolute Gasteiger partial charge is 0.481 e. The van der Waals surface area contributed by atoms with Gasteiger partial charge in [-0.3, -0.25) is 9.59 Å². The average Bonchev–Trinajstić information content (AvgIpc) is 3.05. The van der Waals surface area contributed by atoms with Crippen LogP contribution in [0.5, 0.6) is 11.9 Å². The molecule has 11 nitrogen and oxygen atoms in total. The number of anilines is 2. The van der Waals surface area contributed by atoms with Gasteiger partial charge in [-0.1, -0.05) is 12.1 Å². The van der Waals surface area contributed by atoms with E-state index >= 15 is 0 Å². The fourth-order valence-corrected chi connectivity index (χ4v) is 4.83. The van der Waals surface area contributed by atoms with Crippen molar-refractivity contribution in [3.63, 3.8) is 0 Å². The second kappa shape index (κ2) is 12.7. The Bertz CT molecular complexity index is 1070. The zero-order chi connectivity index (χ0) is 26.2. The lowest BCUT2D eigenvalue weighted by atomic mass is 9.77. The first-order valence-corrected chi connectivity index (χ1v) is 12.6. The molecule has 2 aliphatic rings. The summed E-state index contributed by atoms with van der Waals surface area (Å²) in [5, 5.41) is 9.03. The van der Waals surface area contributed by atoms with Crippen LogP contribution in [0.4, 0.5) is 11.5 Å². The molecule has 2 aromatic rings. The predicted octanol–water partition coefficient (Wildman–Crippen LogP) is 2.89. The summed E-state index contributed by atoms with van der Waals surface area (Å²) in [7, 11) is 1.60. The van der Waals surface area contributed by atoms with Crippen molar-refractivity contribution in [2.45, 2.75) is 38.0 Å². The molecule has 1 amide bonds. The van der Waals surface area contributed by atoms with Crippen LogP contribution in [-0.2, 0) is 14.3 Å². The molecule has 0 saturated heterocycles. The average molecular weight is 515 g/mol. The standard InChI is InChI=1S/C26H34N4O7/c1-34-12-13-35-14-15-37-26-28-23(27)22-24(29-26)36-11-10-30(25(22)33)20-8-6-19(7-9-20)18-4-2-17(3-5-18)16-21(31)32/h6-9,17-18H,2-5,10-16H2,1H3,(H,31,32)(H2,27,28,29). The molecule has 200 valence electrons. The van der Waals surface area contributed by atoms with E-state index < -0.39 is 5.97 Å². The molecule has 2 heterocycles. The Balaban J connectivity index is 1.39. The van der Waals surface area contributed by atoms with Gasteiger partial charge in [-0.15, -0.1) is 0 Å². The lowest BCUT2D eigenvalue weighted by Gasteiger charge is -2.28. The zero-order valence-electron chi connectivity index (χ0n) is 21.1. The van der Waals surface area contributed by atoms with Crippen molar-refractivity contribution in [1.29, 1.82) is 0 Å². The van der Waals surface area contributed by atoms with Gasteiger partial charge in [0.1, 0.15) is 24.6 Å². The van der Waals surface area contributed by atoms with Gasteiger partial charge in [0.15, 0.2) is 0 Å². The highest BCUT2D eigenvalue weighted by Gasteiger charge is 2.30. The summed E-state index contributed by atoms with van der Waals surface area (Å²) in [5.41, 5.74) is 8.18. The zero-order valence-corrected chi connectivity index (χ0v) is 21.1. The number of hydrogen-bond acceptors (Lipinski definition) is 9. The van der Waals surface area contributed by atoms with Crippen LogP contribution < -0.4 is 20.1 Å². The summed E-state index contributed by atoms with van der Waals surface area (Å²) in [6.45, 7) is 2.07. The second-order valence-electron chi connectivity index (χ2n) is 9.24. The maximum Gasteiger partial charge on any atom is 0.321 e. The summed E-state index contributed by atoms with van der Waals surface area (Å²) in [4.78, 5) is 34.4. The Labute approximate surface area is 215 Å². The fourth-order valence-electron chi connectivity index (χ4n) is 4.83. The third-order valence-electron chi connectivity index (χ3n) is 6.77. The number of carbonyl (C=O) groups is 2. The predicted molar refractivity (Wildman–Crippen MR) is 135 cm³/mol. The quantitative estimate of drug-likeness (QED) is 0.429. The fraction of sp³-hybridized carbons (Fsp3) is 0.538.